The van der Waals surface area contributed by atoms with E-state index in [0.29, 0.717) is 12.5 Å². The summed E-state index contributed by atoms with van der Waals surface area (Å²) in [6.07, 6.45) is 3.71. The van der Waals surface area contributed by atoms with Crippen LogP contribution in [0.5, 0.6) is 0 Å². The molecule has 0 unspecified atom stereocenters. The van der Waals surface area contributed by atoms with Crippen LogP contribution in [0.25, 0.3) is 5.69 Å². The Kier molecular flexibility index (Phi) is 4.65. The normalized spacial score (nSPS) is 15.9. The first kappa shape index (κ1) is 15.6. The molecule has 1 aliphatic heterocycles. The summed E-state index contributed by atoms with van der Waals surface area (Å²) in [5, 5.41) is 4.66. The molecule has 0 amide bonds. The van der Waals surface area contributed by atoms with Gasteiger partial charge >= 0.3 is 0 Å². The Labute approximate surface area is 137 Å². The molecule has 3 rings (SSSR count). The predicted octanol–water partition coefficient (Wildman–Crippen LogP) is 2.79. The van der Waals surface area contributed by atoms with Gasteiger partial charge in [-0.15, -0.1) is 0 Å². The summed E-state index contributed by atoms with van der Waals surface area (Å²) >= 11 is 0. The Morgan fingerprint density at radius 3 is 2.52 bits per heavy atom. The van der Waals surface area contributed by atoms with E-state index in [4.69, 9.17) is 5.73 Å². The molecule has 1 aromatic heterocycles. The van der Waals surface area contributed by atoms with Crippen molar-refractivity contribution in [1.82, 2.24) is 14.7 Å². The second-order valence-corrected chi connectivity index (χ2v) is 6.12. The number of hydrogen-bond acceptors (Lipinski definition) is 2. The van der Waals surface area contributed by atoms with Crippen LogP contribution in [0.15, 0.2) is 35.3 Å². The molecule has 0 bridgehead atoms. The van der Waals surface area contributed by atoms with Crippen molar-refractivity contribution in [3.8, 4) is 5.69 Å². The summed E-state index contributed by atoms with van der Waals surface area (Å²) in [7, 11) is 0. The Balaban J connectivity index is 1.79. The first-order valence-corrected chi connectivity index (χ1v) is 8.32. The third-order valence-corrected chi connectivity index (χ3v) is 4.52. The van der Waals surface area contributed by atoms with E-state index in [2.05, 4.69) is 34.0 Å². The highest BCUT2D eigenvalue weighted by molar-refractivity contribution is 5.78. The Morgan fingerprint density at radius 2 is 1.83 bits per heavy atom. The van der Waals surface area contributed by atoms with Crippen molar-refractivity contribution in [3.05, 3.63) is 47.3 Å². The van der Waals surface area contributed by atoms with Gasteiger partial charge in [0, 0.05) is 24.3 Å². The molecule has 5 heteroatoms. The average molecular weight is 311 g/mol. The summed E-state index contributed by atoms with van der Waals surface area (Å²) in [5.41, 5.74) is 10.5. The van der Waals surface area contributed by atoms with E-state index in [0.717, 1.165) is 35.7 Å². The van der Waals surface area contributed by atoms with E-state index in [1.807, 2.05) is 29.8 Å². The van der Waals surface area contributed by atoms with Crippen LogP contribution in [0.1, 0.15) is 36.2 Å². The van der Waals surface area contributed by atoms with E-state index in [9.17, 15) is 0 Å². The van der Waals surface area contributed by atoms with Crippen LogP contribution >= 0.6 is 0 Å². The maximum absolute atomic E-state index is 6.16. The van der Waals surface area contributed by atoms with Crippen molar-refractivity contribution in [3.63, 3.8) is 0 Å². The highest BCUT2D eigenvalue weighted by Crippen LogP contribution is 2.19. The zero-order valence-electron chi connectivity index (χ0n) is 14.0. The molecule has 0 spiro atoms. The smallest absolute Gasteiger partial charge is 0.191 e. The second kappa shape index (κ2) is 6.86. The van der Waals surface area contributed by atoms with Gasteiger partial charge < -0.3 is 10.6 Å². The number of likely N-dealkylation sites (tertiary alicyclic amines) is 1. The predicted molar refractivity (Wildman–Crippen MR) is 93.8 cm³/mol. The van der Waals surface area contributed by atoms with Crippen molar-refractivity contribution in [2.75, 3.05) is 13.1 Å². The zero-order valence-corrected chi connectivity index (χ0v) is 14.0. The second-order valence-electron chi connectivity index (χ2n) is 6.12. The molecule has 2 N–H and O–H groups in total. The largest absolute Gasteiger partial charge is 0.370 e. The van der Waals surface area contributed by atoms with Gasteiger partial charge in [-0.05, 0) is 45.2 Å². The van der Waals surface area contributed by atoms with Crippen LogP contribution in [0, 0.1) is 13.8 Å². The summed E-state index contributed by atoms with van der Waals surface area (Å²) in [4.78, 5) is 6.80. The van der Waals surface area contributed by atoms with E-state index in [-0.39, 0.29) is 0 Å². The summed E-state index contributed by atoms with van der Waals surface area (Å²) < 4.78 is 1.98. The molecule has 0 saturated carbocycles. The zero-order chi connectivity index (χ0) is 16.2. The lowest BCUT2D eigenvalue weighted by Gasteiger charge is -2.27. The van der Waals surface area contributed by atoms with Crippen molar-refractivity contribution in [2.45, 2.75) is 39.7 Å². The summed E-state index contributed by atoms with van der Waals surface area (Å²) in [5.74, 6) is 0.663. The molecule has 1 aromatic carbocycles. The van der Waals surface area contributed by atoms with E-state index in [1.54, 1.807) is 0 Å². The van der Waals surface area contributed by atoms with Gasteiger partial charge in [-0.1, -0.05) is 18.2 Å². The molecule has 1 aliphatic rings. The number of hydrogen-bond donors (Lipinski definition) is 1. The third kappa shape index (κ3) is 3.38. The lowest BCUT2D eigenvalue weighted by Crippen LogP contribution is -2.40. The van der Waals surface area contributed by atoms with Gasteiger partial charge in [0.15, 0.2) is 5.96 Å². The third-order valence-electron chi connectivity index (χ3n) is 4.52. The number of nitrogens with zero attached hydrogens (tertiary/aromatic N) is 4. The molecule has 1 fully saturated rings. The van der Waals surface area contributed by atoms with E-state index < -0.39 is 0 Å². The van der Waals surface area contributed by atoms with Crippen molar-refractivity contribution < 1.29 is 0 Å². The van der Waals surface area contributed by atoms with Gasteiger partial charge in [0.05, 0.1) is 17.9 Å². The molecule has 122 valence electrons. The maximum atomic E-state index is 6.16. The van der Waals surface area contributed by atoms with Crippen molar-refractivity contribution in [1.29, 1.82) is 0 Å². The fourth-order valence-electron chi connectivity index (χ4n) is 3.11. The topological polar surface area (TPSA) is 59.4 Å². The van der Waals surface area contributed by atoms with E-state index >= 15 is 0 Å². The monoisotopic (exact) mass is 311 g/mol. The first-order valence-electron chi connectivity index (χ1n) is 8.32. The van der Waals surface area contributed by atoms with Gasteiger partial charge in [-0.25, -0.2) is 9.67 Å². The highest BCUT2D eigenvalue weighted by atomic mass is 15.3. The maximum Gasteiger partial charge on any atom is 0.191 e. The minimum absolute atomic E-state index is 0.590. The average Bonchev–Trinajstić information content (AvgIpc) is 2.88. The molecule has 5 nitrogen and oxygen atoms in total. The number of aryl methyl sites for hydroxylation is 1. The standard InChI is InChI=1S/C18H25N5/c1-14-17(13-20-18(19)22-11-7-4-8-12-22)15(2)23(21-14)16-9-5-3-6-10-16/h3,5-6,9-10H,4,7-8,11-13H2,1-2H3,(H2,19,20). The molecule has 0 atom stereocenters. The molecular formula is C18H25N5. The quantitative estimate of drug-likeness (QED) is 0.700. The minimum atomic E-state index is 0.590. The fraction of sp³-hybridized carbons (Fsp3) is 0.444. The summed E-state index contributed by atoms with van der Waals surface area (Å²) in [6.45, 7) is 6.77. The number of aliphatic imine (C=N–C) groups is 1. The summed E-state index contributed by atoms with van der Waals surface area (Å²) in [6, 6.07) is 10.2. The molecule has 0 radical (unpaired) electrons. The Hall–Kier alpha value is -2.30. The number of rotatable bonds is 3. The number of aromatic nitrogens is 2. The molecule has 2 heterocycles. The lowest BCUT2D eigenvalue weighted by molar-refractivity contribution is 0.338. The van der Waals surface area contributed by atoms with Gasteiger partial charge in [-0.3, -0.25) is 0 Å². The van der Waals surface area contributed by atoms with Crippen LogP contribution in [0.2, 0.25) is 0 Å². The van der Waals surface area contributed by atoms with Crippen LogP contribution in [-0.4, -0.2) is 33.7 Å². The number of para-hydroxylation sites is 1. The molecular weight excluding hydrogens is 286 g/mol. The number of guanidine groups is 1. The number of piperidine rings is 1. The van der Waals surface area contributed by atoms with Crippen LogP contribution in [0.3, 0.4) is 0 Å². The van der Waals surface area contributed by atoms with Crippen LogP contribution in [-0.2, 0) is 6.54 Å². The minimum Gasteiger partial charge on any atom is -0.370 e. The molecule has 23 heavy (non-hydrogen) atoms. The van der Waals surface area contributed by atoms with Crippen LogP contribution < -0.4 is 5.73 Å². The van der Waals surface area contributed by atoms with Gasteiger partial charge in [0.2, 0.25) is 0 Å². The van der Waals surface area contributed by atoms with Crippen molar-refractivity contribution in [2.24, 2.45) is 10.7 Å². The molecule has 1 saturated heterocycles. The Morgan fingerprint density at radius 1 is 1.13 bits per heavy atom. The number of nitrogens with two attached hydrogens (primary N) is 1. The first-order chi connectivity index (χ1) is 11.2. The van der Waals surface area contributed by atoms with Crippen molar-refractivity contribution >= 4 is 5.96 Å². The highest BCUT2D eigenvalue weighted by Gasteiger charge is 2.14. The molecule has 0 aliphatic carbocycles. The lowest BCUT2D eigenvalue weighted by atomic mass is 10.1. The SMILES string of the molecule is Cc1nn(-c2ccccc2)c(C)c1CN=C(N)N1CCCCC1. The fourth-order valence-corrected chi connectivity index (χ4v) is 3.11. The van der Waals surface area contributed by atoms with E-state index in [1.165, 1.54) is 19.3 Å². The van der Waals surface area contributed by atoms with Crippen LogP contribution in [0.4, 0.5) is 0 Å². The van der Waals surface area contributed by atoms with Gasteiger partial charge in [0.1, 0.15) is 0 Å². The molecule has 2 aromatic rings. The Bertz CT molecular complexity index is 681. The van der Waals surface area contributed by atoms with Gasteiger partial charge in [0.25, 0.3) is 0 Å². The van der Waals surface area contributed by atoms with Gasteiger partial charge in [-0.2, -0.15) is 5.10 Å². The number of benzene rings is 1.